The van der Waals surface area contributed by atoms with Gasteiger partial charge in [0.15, 0.2) is 11.5 Å². The van der Waals surface area contributed by atoms with Crippen LogP contribution in [0, 0.1) is 0 Å². The van der Waals surface area contributed by atoms with Crippen molar-refractivity contribution >= 4 is 22.9 Å². The van der Waals surface area contributed by atoms with E-state index in [0.717, 1.165) is 11.1 Å². The molecule has 0 bridgehead atoms. The molecule has 0 unspecified atom stereocenters. The van der Waals surface area contributed by atoms with Crippen LogP contribution in [0.15, 0.2) is 72.8 Å². The van der Waals surface area contributed by atoms with Crippen molar-refractivity contribution in [3.8, 4) is 39.1 Å². The molecule has 0 spiro atoms. The molecule has 0 atom stereocenters. The van der Waals surface area contributed by atoms with E-state index in [1.54, 1.807) is 25.3 Å². The number of fused-ring (bicyclic) bond motifs is 1. The Hall–Kier alpha value is -3.84. The molecule has 0 radical (unpaired) electrons. The summed E-state index contributed by atoms with van der Waals surface area (Å²) in [6.07, 6.45) is 0. The molecule has 0 fully saturated rings. The smallest absolute Gasteiger partial charge is 0.268 e. The predicted octanol–water partition coefficient (Wildman–Crippen LogP) is 5.47. The number of anilines is 1. The summed E-state index contributed by atoms with van der Waals surface area (Å²) in [5, 5.41) is 3.67. The van der Waals surface area contributed by atoms with Crippen LogP contribution in [-0.4, -0.2) is 24.8 Å². The molecular formula is C24H18N2O4S. The van der Waals surface area contributed by atoms with Crippen LogP contribution in [0.25, 0.3) is 21.8 Å². The number of aromatic nitrogens is 1. The van der Waals surface area contributed by atoms with E-state index >= 15 is 0 Å². The number of carbonyl (C=O) groups is 1. The third-order valence-corrected chi connectivity index (χ3v) is 5.94. The Kier molecular flexibility index (Phi) is 5.01. The number of amides is 1. The molecule has 0 saturated heterocycles. The van der Waals surface area contributed by atoms with Gasteiger partial charge in [-0.25, -0.2) is 4.98 Å². The van der Waals surface area contributed by atoms with Gasteiger partial charge in [-0.15, -0.1) is 11.3 Å². The summed E-state index contributed by atoms with van der Waals surface area (Å²) in [6, 6.07) is 22.6. The normalized spacial score (nSPS) is 11.9. The minimum Gasteiger partial charge on any atom is -0.496 e. The van der Waals surface area contributed by atoms with E-state index in [2.05, 4.69) is 5.32 Å². The van der Waals surface area contributed by atoms with Crippen LogP contribution < -0.4 is 19.5 Å². The van der Waals surface area contributed by atoms with E-state index < -0.39 is 0 Å². The molecule has 4 aromatic rings. The zero-order chi connectivity index (χ0) is 21.2. The van der Waals surface area contributed by atoms with Crippen molar-refractivity contribution in [2.24, 2.45) is 0 Å². The number of hydrogen-bond donors (Lipinski definition) is 1. The van der Waals surface area contributed by atoms with Crippen molar-refractivity contribution in [2.75, 3.05) is 19.2 Å². The summed E-state index contributed by atoms with van der Waals surface area (Å²) < 4.78 is 16.2. The highest BCUT2D eigenvalue weighted by Gasteiger charge is 2.22. The Bertz CT molecular complexity index is 1250. The van der Waals surface area contributed by atoms with E-state index in [9.17, 15) is 4.79 Å². The molecule has 7 heteroatoms. The van der Waals surface area contributed by atoms with Crippen molar-refractivity contribution in [3.05, 3.63) is 77.7 Å². The summed E-state index contributed by atoms with van der Waals surface area (Å²) >= 11 is 1.33. The van der Waals surface area contributed by atoms with Gasteiger partial charge in [0.25, 0.3) is 5.91 Å². The van der Waals surface area contributed by atoms with Crippen molar-refractivity contribution in [2.45, 2.75) is 0 Å². The van der Waals surface area contributed by atoms with E-state index in [4.69, 9.17) is 19.2 Å². The number of methoxy groups -OCH3 is 1. The van der Waals surface area contributed by atoms with E-state index in [-0.39, 0.29) is 12.7 Å². The van der Waals surface area contributed by atoms with Gasteiger partial charge >= 0.3 is 0 Å². The lowest BCUT2D eigenvalue weighted by molar-refractivity contribution is 0.103. The van der Waals surface area contributed by atoms with E-state index in [1.807, 2.05) is 54.6 Å². The third kappa shape index (κ3) is 3.71. The molecule has 6 nitrogen and oxygen atoms in total. The fourth-order valence-electron chi connectivity index (χ4n) is 3.36. The highest BCUT2D eigenvalue weighted by atomic mass is 32.1. The molecule has 3 aromatic carbocycles. The Balaban J connectivity index is 1.55. The van der Waals surface area contributed by atoms with Crippen LogP contribution in [0.5, 0.6) is 17.2 Å². The molecule has 0 saturated carbocycles. The second-order valence-electron chi connectivity index (χ2n) is 6.79. The SMILES string of the molecule is COc1ccccc1-c1nc(-c2ccccc2)c(C(=O)Nc2ccc3c(c2)OCO3)s1. The first-order valence-electron chi connectivity index (χ1n) is 9.63. The molecule has 0 aliphatic carbocycles. The molecule has 5 rings (SSSR count). The van der Waals surface area contributed by atoms with Crippen LogP contribution in [0.1, 0.15) is 9.67 Å². The minimum atomic E-state index is -0.239. The number of ether oxygens (including phenoxy) is 3. The lowest BCUT2D eigenvalue weighted by atomic mass is 10.1. The Labute approximate surface area is 183 Å². The number of carbonyl (C=O) groups excluding carboxylic acids is 1. The molecule has 1 aliphatic heterocycles. The number of nitrogens with one attached hydrogen (secondary N) is 1. The topological polar surface area (TPSA) is 69.7 Å². The number of benzene rings is 3. The highest BCUT2D eigenvalue weighted by molar-refractivity contribution is 7.17. The van der Waals surface area contributed by atoms with Gasteiger partial charge < -0.3 is 19.5 Å². The summed E-state index contributed by atoms with van der Waals surface area (Å²) in [6.45, 7) is 0.183. The molecule has 1 N–H and O–H groups in total. The summed E-state index contributed by atoms with van der Waals surface area (Å²) in [5.41, 5.74) is 2.97. The molecule has 31 heavy (non-hydrogen) atoms. The molecule has 2 heterocycles. The van der Waals surface area contributed by atoms with Gasteiger partial charge in [0.1, 0.15) is 15.6 Å². The van der Waals surface area contributed by atoms with Crippen molar-refractivity contribution in [1.82, 2.24) is 4.98 Å². The standard InChI is InChI=1S/C24H18N2O4S/c1-28-18-10-6-5-9-17(18)24-26-21(15-7-3-2-4-8-15)22(31-24)23(27)25-16-11-12-19-20(13-16)30-14-29-19/h2-13H,14H2,1H3,(H,25,27). The maximum atomic E-state index is 13.3. The Morgan fingerprint density at radius 2 is 1.77 bits per heavy atom. The van der Waals surface area contributed by atoms with E-state index in [0.29, 0.717) is 38.5 Å². The first kappa shape index (κ1) is 19.1. The lowest BCUT2D eigenvalue weighted by Crippen LogP contribution is -2.11. The maximum Gasteiger partial charge on any atom is 0.268 e. The molecule has 154 valence electrons. The second kappa shape index (κ2) is 8.12. The summed E-state index contributed by atoms with van der Waals surface area (Å²) in [7, 11) is 1.62. The van der Waals surface area contributed by atoms with Crippen LogP contribution in [-0.2, 0) is 0 Å². The number of rotatable bonds is 5. The first-order chi connectivity index (χ1) is 15.2. The number of nitrogens with zero attached hydrogens (tertiary/aromatic N) is 1. The van der Waals surface area contributed by atoms with Gasteiger partial charge in [-0.05, 0) is 24.3 Å². The van der Waals surface area contributed by atoms with Gasteiger partial charge in [0.2, 0.25) is 6.79 Å². The number of thiazole rings is 1. The Morgan fingerprint density at radius 1 is 1.00 bits per heavy atom. The Morgan fingerprint density at radius 3 is 2.61 bits per heavy atom. The monoisotopic (exact) mass is 430 g/mol. The number of para-hydroxylation sites is 1. The van der Waals surface area contributed by atoms with Crippen molar-refractivity contribution in [3.63, 3.8) is 0 Å². The quantitative estimate of drug-likeness (QED) is 0.455. The van der Waals surface area contributed by atoms with Crippen LogP contribution in [0.4, 0.5) is 5.69 Å². The van der Waals surface area contributed by atoms with Gasteiger partial charge in [0, 0.05) is 17.3 Å². The highest BCUT2D eigenvalue weighted by Crippen LogP contribution is 2.39. The molecule has 1 amide bonds. The molecule has 1 aliphatic rings. The largest absolute Gasteiger partial charge is 0.496 e. The minimum absolute atomic E-state index is 0.183. The van der Waals surface area contributed by atoms with Gasteiger partial charge in [-0.3, -0.25) is 4.79 Å². The average molecular weight is 430 g/mol. The van der Waals surface area contributed by atoms with Gasteiger partial charge in [0.05, 0.1) is 18.4 Å². The summed E-state index contributed by atoms with van der Waals surface area (Å²) in [5.74, 6) is 1.74. The lowest BCUT2D eigenvalue weighted by Gasteiger charge is -2.06. The van der Waals surface area contributed by atoms with Crippen LogP contribution in [0.3, 0.4) is 0 Å². The fraction of sp³-hybridized carbons (Fsp3) is 0.0833. The van der Waals surface area contributed by atoms with Crippen LogP contribution >= 0.6 is 11.3 Å². The zero-order valence-corrected chi connectivity index (χ0v) is 17.4. The van der Waals surface area contributed by atoms with E-state index in [1.165, 1.54) is 11.3 Å². The third-order valence-electron chi connectivity index (χ3n) is 4.85. The van der Waals surface area contributed by atoms with Gasteiger partial charge in [-0.1, -0.05) is 42.5 Å². The summed E-state index contributed by atoms with van der Waals surface area (Å²) in [4.78, 5) is 18.6. The van der Waals surface area contributed by atoms with Crippen molar-refractivity contribution < 1.29 is 19.0 Å². The first-order valence-corrected chi connectivity index (χ1v) is 10.5. The molecule has 1 aromatic heterocycles. The van der Waals surface area contributed by atoms with Crippen molar-refractivity contribution in [1.29, 1.82) is 0 Å². The average Bonchev–Trinajstić information content (AvgIpc) is 3.46. The zero-order valence-electron chi connectivity index (χ0n) is 16.6. The fourth-order valence-corrected chi connectivity index (χ4v) is 4.38. The maximum absolute atomic E-state index is 13.3. The van der Waals surface area contributed by atoms with Crippen LogP contribution in [0.2, 0.25) is 0 Å². The predicted molar refractivity (Wildman–Crippen MR) is 120 cm³/mol. The number of hydrogen-bond acceptors (Lipinski definition) is 6. The van der Waals surface area contributed by atoms with Gasteiger partial charge in [-0.2, -0.15) is 0 Å². The molecular weight excluding hydrogens is 412 g/mol. The second-order valence-corrected chi connectivity index (χ2v) is 7.78.